The molecule has 7 nitrogen and oxygen atoms in total. The fraction of sp³-hybridized carbons (Fsp3) is 0.389. The van der Waals surface area contributed by atoms with Gasteiger partial charge in [0.05, 0.1) is 17.2 Å². The number of nitrogens with one attached hydrogen (secondary N) is 1. The third-order valence-electron chi connectivity index (χ3n) is 4.16. The van der Waals surface area contributed by atoms with Gasteiger partial charge in [-0.25, -0.2) is 8.42 Å². The maximum absolute atomic E-state index is 12.5. The Morgan fingerprint density at radius 1 is 1.04 bits per heavy atom. The van der Waals surface area contributed by atoms with Gasteiger partial charge in [-0.15, -0.1) is 10.2 Å². The van der Waals surface area contributed by atoms with E-state index in [9.17, 15) is 13.2 Å². The van der Waals surface area contributed by atoms with Gasteiger partial charge in [0.15, 0.2) is 9.84 Å². The summed E-state index contributed by atoms with van der Waals surface area (Å²) in [5.74, 6) is 0.636. The predicted molar refractivity (Wildman–Crippen MR) is 101 cm³/mol. The van der Waals surface area contributed by atoms with Crippen molar-refractivity contribution in [3.8, 4) is 11.3 Å². The van der Waals surface area contributed by atoms with E-state index in [-0.39, 0.29) is 36.5 Å². The summed E-state index contributed by atoms with van der Waals surface area (Å²) in [4.78, 5) is 14.1. The Hall–Kier alpha value is -2.48. The molecule has 2 heterocycles. The molecular formula is C18H22N4O3S. The smallest absolute Gasteiger partial charge is 0.253 e. The minimum atomic E-state index is -3.00. The molecule has 1 amide bonds. The highest BCUT2D eigenvalue weighted by Gasteiger charge is 2.25. The minimum Gasteiger partial charge on any atom is -0.366 e. The molecule has 0 saturated carbocycles. The van der Waals surface area contributed by atoms with Crippen LogP contribution in [0.15, 0.2) is 36.4 Å². The summed E-state index contributed by atoms with van der Waals surface area (Å²) in [7, 11) is -3.00. The first-order chi connectivity index (χ1) is 12.3. The van der Waals surface area contributed by atoms with Gasteiger partial charge in [0, 0.05) is 30.3 Å². The van der Waals surface area contributed by atoms with Crippen molar-refractivity contribution in [3.05, 3.63) is 42.0 Å². The highest BCUT2D eigenvalue weighted by Crippen LogP contribution is 2.19. The summed E-state index contributed by atoms with van der Waals surface area (Å²) in [5.41, 5.74) is 2.13. The van der Waals surface area contributed by atoms with E-state index in [1.165, 1.54) is 0 Å². The molecule has 1 saturated heterocycles. The third kappa shape index (κ3) is 4.37. The summed E-state index contributed by atoms with van der Waals surface area (Å²) < 4.78 is 23.0. The van der Waals surface area contributed by atoms with Crippen LogP contribution in [0.5, 0.6) is 0 Å². The fourth-order valence-electron chi connectivity index (χ4n) is 2.74. The number of carbonyl (C=O) groups excluding carboxylic acids is 1. The average molecular weight is 374 g/mol. The van der Waals surface area contributed by atoms with Gasteiger partial charge in [0.2, 0.25) is 0 Å². The SMILES string of the molecule is CC(C)Nc1ccc(-c2ccc(C(=O)N3CCS(=O)(=O)CC3)cc2)nn1. The van der Waals surface area contributed by atoms with Crippen molar-refractivity contribution >= 4 is 21.6 Å². The number of amides is 1. The molecule has 0 unspecified atom stereocenters. The Morgan fingerprint density at radius 3 is 2.23 bits per heavy atom. The van der Waals surface area contributed by atoms with Crippen molar-refractivity contribution < 1.29 is 13.2 Å². The highest BCUT2D eigenvalue weighted by atomic mass is 32.2. The maximum atomic E-state index is 12.5. The van der Waals surface area contributed by atoms with Crippen LogP contribution in [0.3, 0.4) is 0 Å². The van der Waals surface area contributed by atoms with Crippen LogP contribution in [0, 0.1) is 0 Å². The number of sulfone groups is 1. The van der Waals surface area contributed by atoms with Crippen LogP contribution in [-0.2, 0) is 9.84 Å². The molecule has 0 aliphatic carbocycles. The second-order valence-corrected chi connectivity index (χ2v) is 8.93. The van der Waals surface area contributed by atoms with Crippen LogP contribution in [-0.4, -0.2) is 60.1 Å². The lowest BCUT2D eigenvalue weighted by Crippen LogP contribution is -2.43. The first kappa shape index (κ1) is 18.3. The number of anilines is 1. The lowest BCUT2D eigenvalue weighted by molar-refractivity contribution is 0.0770. The molecule has 0 bridgehead atoms. The second kappa shape index (κ2) is 7.41. The molecule has 1 aromatic carbocycles. The van der Waals surface area contributed by atoms with Gasteiger partial charge < -0.3 is 10.2 Å². The monoisotopic (exact) mass is 374 g/mol. The van der Waals surface area contributed by atoms with Crippen LogP contribution in [0.2, 0.25) is 0 Å². The normalized spacial score (nSPS) is 16.5. The van der Waals surface area contributed by atoms with Crippen molar-refractivity contribution in [2.75, 3.05) is 29.9 Å². The molecule has 1 N–H and O–H groups in total. The van der Waals surface area contributed by atoms with E-state index >= 15 is 0 Å². The molecule has 3 rings (SSSR count). The van der Waals surface area contributed by atoms with E-state index in [1.807, 2.05) is 38.1 Å². The number of aromatic nitrogens is 2. The van der Waals surface area contributed by atoms with E-state index in [0.717, 1.165) is 17.1 Å². The lowest BCUT2D eigenvalue weighted by atomic mass is 10.1. The van der Waals surface area contributed by atoms with Crippen molar-refractivity contribution in [1.29, 1.82) is 0 Å². The molecule has 1 aliphatic heterocycles. The standard InChI is InChI=1S/C18H22N4O3S/c1-13(2)19-17-8-7-16(20-21-17)14-3-5-15(6-4-14)18(23)22-9-11-26(24,25)12-10-22/h3-8,13H,9-12H2,1-2H3,(H,19,21). The van der Waals surface area contributed by atoms with E-state index in [1.54, 1.807) is 17.0 Å². The van der Waals surface area contributed by atoms with Crippen molar-refractivity contribution in [2.45, 2.75) is 19.9 Å². The molecule has 0 radical (unpaired) electrons. The Balaban J connectivity index is 1.69. The van der Waals surface area contributed by atoms with E-state index < -0.39 is 9.84 Å². The van der Waals surface area contributed by atoms with Gasteiger partial charge >= 0.3 is 0 Å². The number of hydrogen-bond donors (Lipinski definition) is 1. The van der Waals surface area contributed by atoms with E-state index in [0.29, 0.717) is 5.56 Å². The molecule has 1 aromatic heterocycles. The van der Waals surface area contributed by atoms with E-state index in [4.69, 9.17) is 0 Å². The molecule has 1 fully saturated rings. The van der Waals surface area contributed by atoms with Gasteiger partial charge in [-0.2, -0.15) is 0 Å². The molecule has 1 aliphatic rings. The van der Waals surface area contributed by atoms with Crippen molar-refractivity contribution in [1.82, 2.24) is 15.1 Å². The van der Waals surface area contributed by atoms with Crippen LogP contribution >= 0.6 is 0 Å². The minimum absolute atomic E-state index is 0.0309. The molecular weight excluding hydrogens is 352 g/mol. The topological polar surface area (TPSA) is 92.3 Å². The zero-order chi connectivity index (χ0) is 18.7. The lowest BCUT2D eigenvalue weighted by Gasteiger charge is -2.26. The van der Waals surface area contributed by atoms with Gasteiger partial charge in [0.1, 0.15) is 5.82 Å². The molecule has 0 spiro atoms. The molecule has 8 heteroatoms. The van der Waals surface area contributed by atoms with E-state index in [2.05, 4.69) is 15.5 Å². The third-order valence-corrected chi connectivity index (χ3v) is 5.77. The van der Waals surface area contributed by atoms with Crippen molar-refractivity contribution in [3.63, 3.8) is 0 Å². The van der Waals surface area contributed by atoms with Crippen molar-refractivity contribution in [2.24, 2.45) is 0 Å². The van der Waals surface area contributed by atoms with Crippen LogP contribution < -0.4 is 5.32 Å². The Kier molecular flexibility index (Phi) is 5.22. The summed E-state index contributed by atoms with van der Waals surface area (Å²) >= 11 is 0. The van der Waals surface area contributed by atoms with Gasteiger partial charge in [0.25, 0.3) is 5.91 Å². The Bertz CT molecular complexity index is 864. The zero-order valence-corrected chi connectivity index (χ0v) is 15.7. The summed E-state index contributed by atoms with van der Waals surface area (Å²) in [6.07, 6.45) is 0. The average Bonchev–Trinajstić information content (AvgIpc) is 2.61. The summed E-state index contributed by atoms with van der Waals surface area (Å²) in [5, 5.41) is 11.5. The van der Waals surface area contributed by atoms with Crippen LogP contribution in [0.25, 0.3) is 11.3 Å². The number of nitrogens with zero attached hydrogens (tertiary/aromatic N) is 3. The van der Waals surface area contributed by atoms with Gasteiger partial charge in [-0.05, 0) is 38.1 Å². The quantitative estimate of drug-likeness (QED) is 0.878. The molecule has 0 atom stereocenters. The van der Waals surface area contributed by atoms with Crippen LogP contribution in [0.4, 0.5) is 5.82 Å². The summed E-state index contributed by atoms with van der Waals surface area (Å²) in [6.45, 7) is 4.56. The number of benzene rings is 1. The fourth-order valence-corrected chi connectivity index (χ4v) is 3.94. The number of hydrogen-bond acceptors (Lipinski definition) is 6. The summed E-state index contributed by atoms with van der Waals surface area (Å²) in [6, 6.07) is 11.2. The highest BCUT2D eigenvalue weighted by molar-refractivity contribution is 7.91. The maximum Gasteiger partial charge on any atom is 0.253 e. The first-order valence-electron chi connectivity index (χ1n) is 8.54. The number of rotatable bonds is 4. The number of carbonyl (C=O) groups is 1. The van der Waals surface area contributed by atoms with Gasteiger partial charge in [-0.3, -0.25) is 4.79 Å². The second-order valence-electron chi connectivity index (χ2n) is 6.62. The molecule has 138 valence electrons. The zero-order valence-electron chi connectivity index (χ0n) is 14.8. The van der Waals surface area contributed by atoms with Crippen LogP contribution in [0.1, 0.15) is 24.2 Å². The van der Waals surface area contributed by atoms with Gasteiger partial charge in [-0.1, -0.05) is 12.1 Å². The Labute approximate surface area is 153 Å². The Morgan fingerprint density at radius 2 is 1.69 bits per heavy atom. The first-order valence-corrected chi connectivity index (χ1v) is 10.4. The molecule has 26 heavy (non-hydrogen) atoms. The molecule has 2 aromatic rings. The largest absolute Gasteiger partial charge is 0.366 e. The predicted octanol–water partition coefficient (Wildman–Crippen LogP) is 1.83.